The fourth-order valence-corrected chi connectivity index (χ4v) is 9.10. The lowest BCUT2D eigenvalue weighted by Gasteiger charge is -2.37. The van der Waals surface area contributed by atoms with E-state index >= 15 is 0 Å². The molecule has 1 spiro atoms. The second-order valence-corrected chi connectivity index (χ2v) is 14.7. The predicted molar refractivity (Wildman–Crippen MR) is 219 cm³/mol. The standard InChI is InChI=1S/C50H44N2/c1-35-33-41(34-36(2)37(35)3)38-25-27-45(28-26-38)52(44-21-11-6-12-22-44)47-24-14-16-40-30-32-50(49(40)47)31-29-39-15-13-23-46(48(39)50)51(42-17-7-4-8-18-42)43-19-9-5-10-20-43/h4-28,33-34H,29-32H2,1-3H3/t50-/m1/s1. The minimum Gasteiger partial charge on any atom is -0.310 e. The van der Waals surface area contributed by atoms with Crippen LogP contribution in [0.3, 0.4) is 0 Å². The molecule has 0 aliphatic heterocycles. The molecule has 2 nitrogen and oxygen atoms in total. The summed E-state index contributed by atoms with van der Waals surface area (Å²) in [5, 5.41) is 0. The molecule has 0 amide bonds. The van der Waals surface area contributed by atoms with Crippen molar-refractivity contribution >= 4 is 34.1 Å². The van der Waals surface area contributed by atoms with Gasteiger partial charge in [0.25, 0.3) is 0 Å². The van der Waals surface area contributed by atoms with Crippen LogP contribution in [0.25, 0.3) is 11.1 Å². The number of benzene rings is 7. The summed E-state index contributed by atoms with van der Waals surface area (Å²) in [7, 11) is 0. The van der Waals surface area contributed by atoms with E-state index in [1.54, 1.807) is 0 Å². The van der Waals surface area contributed by atoms with Gasteiger partial charge in [-0.1, -0.05) is 103 Å². The molecule has 254 valence electrons. The highest BCUT2D eigenvalue weighted by molar-refractivity contribution is 5.86. The van der Waals surface area contributed by atoms with Crippen molar-refractivity contribution in [3.63, 3.8) is 0 Å². The Kier molecular flexibility index (Phi) is 8.04. The SMILES string of the molecule is Cc1cc(-c2ccc(N(c3ccccc3)c3cccc4c3[C@]3(CCc5cccc(N(c6ccccc6)c6ccccc6)c53)CC4)cc2)cc(C)c1C. The Morgan fingerprint density at radius 3 is 1.23 bits per heavy atom. The molecule has 0 saturated carbocycles. The number of rotatable bonds is 7. The summed E-state index contributed by atoms with van der Waals surface area (Å²) in [4.78, 5) is 4.99. The highest BCUT2D eigenvalue weighted by atomic mass is 15.2. The van der Waals surface area contributed by atoms with Gasteiger partial charge < -0.3 is 9.80 Å². The van der Waals surface area contributed by atoms with Crippen LogP contribution in [0.1, 0.15) is 51.8 Å². The quantitative estimate of drug-likeness (QED) is 0.166. The van der Waals surface area contributed by atoms with Crippen molar-refractivity contribution in [1.29, 1.82) is 0 Å². The lowest BCUT2D eigenvalue weighted by molar-refractivity contribution is 0.508. The van der Waals surface area contributed by atoms with Crippen molar-refractivity contribution in [2.24, 2.45) is 0 Å². The molecule has 0 fully saturated rings. The van der Waals surface area contributed by atoms with Gasteiger partial charge in [-0.25, -0.2) is 0 Å². The average molecular weight is 673 g/mol. The number of aryl methyl sites for hydroxylation is 4. The van der Waals surface area contributed by atoms with Crippen LogP contribution in [0.15, 0.2) is 164 Å². The van der Waals surface area contributed by atoms with Crippen molar-refractivity contribution in [3.05, 3.63) is 203 Å². The van der Waals surface area contributed by atoms with Gasteiger partial charge in [0.05, 0.1) is 11.4 Å². The molecule has 9 rings (SSSR count). The van der Waals surface area contributed by atoms with E-state index in [1.807, 2.05) is 0 Å². The third-order valence-corrected chi connectivity index (χ3v) is 11.8. The topological polar surface area (TPSA) is 6.48 Å². The fraction of sp³-hybridized carbons (Fsp3) is 0.160. The van der Waals surface area contributed by atoms with E-state index in [9.17, 15) is 0 Å². The molecule has 2 aliphatic rings. The van der Waals surface area contributed by atoms with Gasteiger partial charge in [0.15, 0.2) is 0 Å². The third kappa shape index (κ3) is 5.33. The van der Waals surface area contributed by atoms with Crippen molar-refractivity contribution in [2.75, 3.05) is 9.80 Å². The van der Waals surface area contributed by atoms with Gasteiger partial charge in [0, 0.05) is 28.2 Å². The summed E-state index contributed by atoms with van der Waals surface area (Å²) in [6.45, 7) is 6.65. The van der Waals surface area contributed by atoms with Crippen molar-refractivity contribution in [3.8, 4) is 11.1 Å². The van der Waals surface area contributed by atoms with Gasteiger partial charge in [-0.15, -0.1) is 0 Å². The summed E-state index contributed by atoms with van der Waals surface area (Å²) in [6, 6.07) is 60.6. The second kappa shape index (κ2) is 13.0. The highest BCUT2D eigenvalue weighted by Gasteiger charge is 2.49. The average Bonchev–Trinajstić information content (AvgIpc) is 3.77. The van der Waals surface area contributed by atoms with Gasteiger partial charge in [-0.3, -0.25) is 0 Å². The van der Waals surface area contributed by atoms with Crippen LogP contribution in [0.5, 0.6) is 0 Å². The van der Waals surface area contributed by atoms with Crippen molar-refractivity contribution in [2.45, 2.75) is 51.9 Å². The number of anilines is 6. The van der Waals surface area contributed by atoms with E-state index in [0.717, 1.165) is 25.7 Å². The van der Waals surface area contributed by atoms with Crippen LogP contribution in [0, 0.1) is 20.8 Å². The van der Waals surface area contributed by atoms with Crippen LogP contribution in [0.2, 0.25) is 0 Å². The molecule has 0 saturated heterocycles. The monoisotopic (exact) mass is 672 g/mol. The molecule has 2 heteroatoms. The molecule has 0 aromatic heterocycles. The van der Waals surface area contributed by atoms with E-state index in [4.69, 9.17) is 0 Å². The molecule has 7 aromatic carbocycles. The Morgan fingerprint density at radius 2 is 0.808 bits per heavy atom. The molecule has 1 atom stereocenters. The van der Waals surface area contributed by atoms with Crippen molar-refractivity contribution < 1.29 is 0 Å². The maximum atomic E-state index is 2.51. The fourth-order valence-electron chi connectivity index (χ4n) is 9.10. The number of hydrogen-bond donors (Lipinski definition) is 0. The maximum absolute atomic E-state index is 2.51. The summed E-state index contributed by atoms with van der Waals surface area (Å²) < 4.78 is 0. The first-order valence-electron chi connectivity index (χ1n) is 18.7. The van der Waals surface area contributed by atoms with E-state index in [1.165, 1.54) is 84.2 Å². The van der Waals surface area contributed by atoms with E-state index in [-0.39, 0.29) is 5.41 Å². The lowest BCUT2D eigenvalue weighted by atomic mass is 9.74. The Balaban J connectivity index is 1.22. The molecule has 2 aliphatic carbocycles. The van der Waals surface area contributed by atoms with Crippen LogP contribution < -0.4 is 9.80 Å². The minimum atomic E-state index is -0.108. The summed E-state index contributed by atoms with van der Waals surface area (Å²) in [5.41, 5.74) is 19.6. The molecule has 7 aromatic rings. The Bertz CT molecular complexity index is 2310. The van der Waals surface area contributed by atoms with Gasteiger partial charge in [0.1, 0.15) is 0 Å². The van der Waals surface area contributed by atoms with Crippen LogP contribution >= 0.6 is 0 Å². The van der Waals surface area contributed by atoms with Gasteiger partial charge in [-0.2, -0.15) is 0 Å². The highest BCUT2D eigenvalue weighted by Crippen LogP contribution is 2.59. The summed E-state index contributed by atoms with van der Waals surface area (Å²) in [6.07, 6.45) is 4.36. The minimum absolute atomic E-state index is 0.108. The first kappa shape index (κ1) is 32.1. The maximum Gasteiger partial charge on any atom is 0.0505 e. The smallest absolute Gasteiger partial charge is 0.0505 e. The molecule has 52 heavy (non-hydrogen) atoms. The number of hydrogen-bond acceptors (Lipinski definition) is 2. The predicted octanol–water partition coefficient (Wildman–Crippen LogP) is 13.4. The molecular weight excluding hydrogens is 629 g/mol. The van der Waals surface area contributed by atoms with E-state index in [0.29, 0.717) is 0 Å². The zero-order chi connectivity index (χ0) is 35.2. The first-order valence-corrected chi connectivity index (χ1v) is 18.7. The Morgan fingerprint density at radius 1 is 0.404 bits per heavy atom. The molecule has 0 heterocycles. The zero-order valence-corrected chi connectivity index (χ0v) is 30.3. The second-order valence-electron chi connectivity index (χ2n) is 14.7. The largest absolute Gasteiger partial charge is 0.310 e. The normalized spacial score (nSPS) is 15.8. The van der Waals surface area contributed by atoms with Crippen LogP contribution in [-0.4, -0.2) is 0 Å². The molecule has 0 radical (unpaired) electrons. The summed E-state index contributed by atoms with van der Waals surface area (Å²) >= 11 is 0. The third-order valence-electron chi connectivity index (χ3n) is 11.8. The zero-order valence-electron chi connectivity index (χ0n) is 30.3. The van der Waals surface area contributed by atoms with E-state index < -0.39 is 0 Å². The van der Waals surface area contributed by atoms with Crippen molar-refractivity contribution in [1.82, 2.24) is 0 Å². The first-order chi connectivity index (χ1) is 25.5. The number of fused-ring (bicyclic) bond motifs is 4. The number of nitrogens with zero attached hydrogens (tertiary/aromatic N) is 2. The lowest BCUT2D eigenvalue weighted by Crippen LogP contribution is -2.27. The Hall–Kier alpha value is -5.86. The molecule has 0 unspecified atom stereocenters. The molecule has 0 bridgehead atoms. The Labute approximate surface area is 308 Å². The summed E-state index contributed by atoms with van der Waals surface area (Å²) in [5.74, 6) is 0. The van der Waals surface area contributed by atoms with Gasteiger partial charge in [0.2, 0.25) is 0 Å². The van der Waals surface area contributed by atoms with Crippen LogP contribution in [0.4, 0.5) is 34.1 Å². The number of para-hydroxylation sites is 3. The van der Waals surface area contributed by atoms with Gasteiger partial charge >= 0.3 is 0 Å². The van der Waals surface area contributed by atoms with E-state index in [2.05, 4.69) is 194 Å². The van der Waals surface area contributed by atoms with Crippen LogP contribution in [-0.2, 0) is 18.3 Å². The molecule has 0 N–H and O–H groups in total. The van der Waals surface area contributed by atoms with Gasteiger partial charge in [-0.05, 0) is 157 Å². The molecular formula is C50H44N2.